The van der Waals surface area contributed by atoms with Crippen LogP contribution in [0.5, 0.6) is 5.75 Å². The zero-order valence-corrected chi connectivity index (χ0v) is 17.6. The van der Waals surface area contributed by atoms with Crippen molar-refractivity contribution in [3.63, 3.8) is 0 Å². The molecule has 0 aliphatic heterocycles. The van der Waals surface area contributed by atoms with Crippen LogP contribution in [0.2, 0.25) is 0 Å². The van der Waals surface area contributed by atoms with Crippen molar-refractivity contribution in [2.45, 2.75) is 45.8 Å². The molecule has 2 N–H and O–H groups in total. The monoisotopic (exact) mass is 387 g/mol. The summed E-state index contributed by atoms with van der Waals surface area (Å²) in [5, 5.41) is 18.8. The van der Waals surface area contributed by atoms with Crippen molar-refractivity contribution >= 4 is 5.97 Å². The second-order valence-corrected chi connectivity index (χ2v) is 6.97. The van der Waals surface area contributed by atoms with E-state index in [1.54, 1.807) is 37.4 Å². The Morgan fingerprint density at radius 2 is 1.79 bits per heavy atom. The van der Waals surface area contributed by atoms with E-state index < -0.39 is 12.1 Å². The maximum atomic E-state index is 10.4. The number of ether oxygens (including phenoxy) is 1. The summed E-state index contributed by atoms with van der Waals surface area (Å²) in [5.41, 5.74) is 2.53. The quantitative estimate of drug-likeness (QED) is 0.702. The number of benzene rings is 2. The highest BCUT2D eigenvalue weighted by Gasteiger charge is 2.14. The Bertz CT molecular complexity index is 716. The lowest BCUT2D eigenvalue weighted by molar-refractivity contribution is 0.0697. The molecule has 1 atom stereocenters. The summed E-state index contributed by atoms with van der Waals surface area (Å²) in [7, 11) is 3.74. The molecule has 0 heterocycles. The second-order valence-electron chi connectivity index (χ2n) is 6.97. The van der Waals surface area contributed by atoms with E-state index in [1.807, 2.05) is 18.2 Å². The molecule has 0 spiro atoms. The molecule has 0 fully saturated rings. The van der Waals surface area contributed by atoms with Crippen molar-refractivity contribution in [2.24, 2.45) is 0 Å². The van der Waals surface area contributed by atoms with Crippen LogP contribution in [0.3, 0.4) is 0 Å². The molecule has 0 radical (unpaired) electrons. The molecule has 0 aliphatic rings. The zero-order chi connectivity index (χ0) is 21.1. The molecule has 28 heavy (non-hydrogen) atoms. The van der Waals surface area contributed by atoms with Gasteiger partial charge in [-0.05, 0) is 69.1 Å². The molecule has 2 aromatic rings. The summed E-state index contributed by atoms with van der Waals surface area (Å²) in [5.74, 6) is -0.0703. The zero-order valence-electron chi connectivity index (χ0n) is 17.6. The molecule has 2 rings (SSSR count). The smallest absolute Gasteiger partial charge is 0.335 e. The van der Waals surface area contributed by atoms with Crippen LogP contribution < -0.4 is 4.74 Å². The van der Waals surface area contributed by atoms with Crippen molar-refractivity contribution in [2.75, 3.05) is 20.7 Å². The Morgan fingerprint density at radius 3 is 2.25 bits per heavy atom. The molecular formula is C23H33NO4. The molecule has 0 aromatic heterocycles. The first kappa shape index (κ1) is 23.7. The van der Waals surface area contributed by atoms with E-state index >= 15 is 0 Å². The number of nitrogens with zero attached hydrogens (tertiary/aromatic N) is 1. The van der Waals surface area contributed by atoms with E-state index in [1.165, 1.54) is 5.56 Å². The topological polar surface area (TPSA) is 70.0 Å². The molecule has 0 bridgehead atoms. The van der Waals surface area contributed by atoms with Gasteiger partial charge in [0.15, 0.2) is 0 Å². The number of aromatic carboxylic acids is 1. The lowest BCUT2D eigenvalue weighted by Crippen LogP contribution is -2.28. The normalized spacial score (nSPS) is 11.7. The van der Waals surface area contributed by atoms with Crippen LogP contribution in [0.1, 0.15) is 54.8 Å². The van der Waals surface area contributed by atoms with Gasteiger partial charge in [0.2, 0.25) is 0 Å². The molecule has 5 nitrogen and oxygen atoms in total. The third-order valence-electron chi connectivity index (χ3n) is 4.75. The number of carboxylic acids is 1. The number of aliphatic hydroxyl groups excluding tert-OH is 1. The predicted octanol–water partition coefficient (Wildman–Crippen LogP) is 4.41. The van der Waals surface area contributed by atoms with Crippen molar-refractivity contribution < 1.29 is 19.7 Å². The van der Waals surface area contributed by atoms with Crippen LogP contribution in [0.15, 0.2) is 48.5 Å². The van der Waals surface area contributed by atoms with Crippen LogP contribution in [-0.4, -0.2) is 47.8 Å². The van der Waals surface area contributed by atoms with Crippen molar-refractivity contribution in [1.82, 2.24) is 4.90 Å². The number of carbonyl (C=O) groups is 1. The molecule has 0 unspecified atom stereocenters. The standard InChI is InChI=1S/C16H27NO2.C7H6O2/c1-6-13-7-8-14(19-5)11-15(13)16(18)9-10-17(4)12(2)3;8-7(9)6-4-2-1-3-5-6/h7-8,11-12,16,18H,6,9-10H2,1-5H3;1-5H,(H,8,9)/t16-;/m0./s1. The van der Waals surface area contributed by atoms with Crippen LogP contribution in [0.25, 0.3) is 0 Å². The van der Waals surface area contributed by atoms with Gasteiger partial charge < -0.3 is 19.8 Å². The number of aryl methyl sites for hydroxylation is 1. The van der Waals surface area contributed by atoms with Crippen molar-refractivity contribution in [1.29, 1.82) is 0 Å². The maximum Gasteiger partial charge on any atom is 0.335 e. The Hall–Kier alpha value is -2.37. The Labute approximate surface area is 168 Å². The number of hydrogen-bond donors (Lipinski definition) is 2. The van der Waals surface area contributed by atoms with Gasteiger partial charge in [0.1, 0.15) is 5.75 Å². The lowest BCUT2D eigenvalue weighted by Gasteiger charge is -2.23. The Balaban J connectivity index is 0.000000362. The highest BCUT2D eigenvalue weighted by molar-refractivity contribution is 5.87. The molecule has 0 amide bonds. The minimum atomic E-state index is -0.879. The summed E-state index contributed by atoms with van der Waals surface area (Å²) in [6.45, 7) is 7.32. The van der Waals surface area contributed by atoms with Gasteiger partial charge in [0.05, 0.1) is 18.8 Å². The van der Waals surface area contributed by atoms with Gasteiger partial charge in [-0.1, -0.05) is 31.2 Å². The van der Waals surface area contributed by atoms with Gasteiger partial charge in [-0.3, -0.25) is 0 Å². The predicted molar refractivity (Wildman–Crippen MR) is 113 cm³/mol. The average Bonchev–Trinajstić information content (AvgIpc) is 2.72. The van der Waals surface area contributed by atoms with Crippen LogP contribution in [-0.2, 0) is 6.42 Å². The third kappa shape index (κ3) is 7.71. The summed E-state index contributed by atoms with van der Waals surface area (Å²) in [6.07, 6.45) is 1.25. The summed E-state index contributed by atoms with van der Waals surface area (Å²) in [4.78, 5) is 12.4. The highest BCUT2D eigenvalue weighted by Crippen LogP contribution is 2.26. The van der Waals surface area contributed by atoms with Crippen molar-refractivity contribution in [3.8, 4) is 5.75 Å². The van der Waals surface area contributed by atoms with E-state index in [4.69, 9.17) is 9.84 Å². The van der Waals surface area contributed by atoms with Crippen LogP contribution in [0.4, 0.5) is 0 Å². The van der Waals surface area contributed by atoms with Gasteiger partial charge in [-0.2, -0.15) is 0 Å². The minimum Gasteiger partial charge on any atom is -0.497 e. The molecule has 2 aromatic carbocycles. The Kier molecular flexibility index (Phi) is 10.3. The maximum absolute atomic E-state index is 10.4. The first-order valence-corrected chi connectivity index (χ1v) is 9.63. The van der Waals surface area contributed by atoms with Crippen LogP contribution in [0, 0.1) is 0 Å². The second kappa shape index (κ2) is 12.2. The fourth-order valence-corrected chi connectivity index (χ4v) is 2.65. The van der Waals surface area contributed by atoms with E-state index in [9.17, 15) is 9.90 Å². The largest absolute Gasteiger partial charge is 0.497 e. The van der Waals surface area contributed by atoms with Crippen LogP contribution >= 0.6 is 0 Å². The highest BCUT2D eigenvalue weighted by atomic mass is 16.5. The Morgan fingerprint density at radius 1 is 1.14 bits per heavy atom. The fraction of sp³-hybridized carbons (Fsp3) is 0.435. The molecule has 0 saturated heterocycles. The van der Waals surface area contributed by atoms with Gasteiger partial charge in [0, 0.05) is 12.6 Å². The third-order valence-corrected chi connectivity index (χ3v) is 4.75. The molecule has 154 valence electrons. The van der Waals surface area contributed by atoms with Gasteiger partial charge in [-0.15, -0.1) is 0 Å². The average molecular weight is 388 g/mol. The number of methoxy groups -OCH3 is 1. The van der Waals surface area contributed by atoms with E-state index in [0.29, 0.717) is 11.6 Å². The summed E-state index contributed by atoms with van der Waals surface area (Å²) in [6, 6.07) is 14.8. The number of carboxylic acid groups (broad SMARTS) is 1. The molecule has 0 aliphatic carbocycles. The van der Waals surface area contributed by atoms with E-state index in [2.05, 4.69) is 32.7 Å². The fourth-order valence-electron chi connectivity index (χ4n) is 2.65. The number of hydrogen-bond acceptors (Lipinski definition) is 4. The SMILES string of the molecule is CCc1ccc(OC)cc1[C@@H](O)CCN(C)C(C)C.O=C(O)c1ccccc1. The first-order valence-electron chi connectivity index (χ1n) is 9.63. The van der Waals surface area contributed by atoms with Crippen molar-refractivity contribution in [3.05, 3.63) is 65.2 Å². The number of rotatable bonds is 8. The number of aliphatic hydroxyl groups is 1. The molecular weight excluding hydrogens is 354 g/mol. The van der Waals surface area contributed by atoms with Gasteiger partial charge in [0.25, 0.3) is 0 Å². The van der Waals surface area contributed by atoms with E-state index in [-0.39, 0.29) is 0 Å². The summed E-state index contributed by atoms with van der Waals surface area (Å²) < 4.78 is 5.25. The van der Waals surface area contributed by atoms with Gasteiger partial charge >= 0.3 is 5.97 Å². The van der Waals surface area contributed by atoms with Gasteiger partial charge in [-0.25, -0.2) is 4.79 Å². The minimum absolute atomic E-state index is 0.331. The lowest BCUT2D eigenvalue weighted by atomic mass is 9.98. The molecule has 5 heteroatoms. The van der Waals surface area contributed by atoms with E-state index in [0.717, 1.165) is 30.7 Å². The summed E-state index contributed by atoms with van der Waals surface area (Å²) >= 11 is 0. The first-order chi connectivity index (χ1) is 13.3. The molecule has 0 saturated carbocycles.